The number of anilines is 1. The second-order valence-corrected chi connectivity index (χ2v) is 7.56. The second-order valence-electron chi connectivity index (χ2n) is 5.66. The van der Waals surface area contributed by atoms with E-state index in [1.54, 1.807) is 43.5 Å². The lowest BCUT2D eigenvalue weighted by Crippen LogP contribution is -2.38. The molecule has 25 heavy (non-hydrogen) atoms. The van der Waals surface area contributed by atoms with Crippen LogP contribution in [0.5, 0.6) is 5.75 Å². The topological polar surface area (TPSA) is 75.7 Å². The minimum absolute atomic E-state index is 0.157. The van der Waals surface area contributed by atoms with Crippen molar-refractivity contribution >= 4 is 21.6 Å². The van der Waals surface area contributed by atoms with E-state index in [2.05, 4.69) is 5.32 Å². The highest BCUT2D eigenvalue weighted by atomic mass is 32.2. The molecule has 1 amide bonds. The lowest BCUT2D eigenvalue weighted by atomic mass is 10.2. The number of hydrogen-bond donors (Lipinski definition) is 1. The van der Waals surface area contributed by atoms with Gasteiger partial charge in [-0.3, -0.25) is 9.10 Å². The summed E-state index contributed by atoms with van der Waals surface area (Å²) in [5.41, 5.74) is 2.11. The third kappa shape index (κ3) is 5.22. The zero-order chi connectivity index (χ0) is 18.4. The number of nitrogens with zero attached hydrogens (tertiary/aromatic N) is 1. The number of hydrogen-bond acceptors (Lipinski definition) is 4. The Morgan fingerprint density at radius 3 is 2.20 bits per heavy atom. The van der Waals surface area contributed by atoms with Crippen LogP contribution in [0.25, 0.3) is 0 Å². The fourth-order valence-corrected chi connectivity index (χ4v) is 3.24. The van der Waals surface area contributed by atoms with Crippen LogP contribution in [0.3, 0.4) is 0 Å². The summed E-state index contributed by atoms with van der Waals surface area (Å²) < 4.78 is 30.4. The number of methoxy groups -OCH3 is 1. The predicted octanol–water partition coefficient (Wildman–Crippen LogP) is 2.20. The second kappa shape index (κ2) is 8.02. The maximum atomic E-state index is 12.1. The first-order chi connectivity index (χ1) is 11.8. The predicted molar refractivity (Wildman–Crippen MR) is 98.7 cm³/mol. The van der Waals surface area contributed by atoms with E-state index >= 15 is 0 Å². The average Bonchev–Trinajstić information content (AvgIpc) is 2.58. The van der Waals surface area contributed by atoms with Gasteiger partial charge in [-0.2, -0.15) is 0 Å². The molecular formula is C18H22N2O4S. The minimum Gasteiger partial charge on any atom is -0.497 e. The van der Waals surface area contributed by atoms with Gasteiger partial charge in [0.2, 0.25) is 10.0 Å². The van der Waals surface area contributed by atoms with Gasteiger partial charge in [0.25, 0.3) is 5.91 Å². The van der Waals surface area contributed by atoms with Crippen molar-refractivity contribution in [3.63, 3.8) is 0 Å². The summed E-state index contributed by atoms with van der Waals surface area (Å²) in [4.78, 5) is 12.1. The fraction of sp³-hybridized carbons (Fsp3) is 0.278. The zero-order valence-corrected chi connectivity index (χ0v) is 15.3. The number of carbonyl (C=O) groups excluding carboxylic acids is 1. The number of amides is 1. The van der Waals surface area contributed by atoms with E-state index in [4.69, 9.17) is 4.74 Å². The molecule has 0 fully saturated rings. The van der Waals surface area contributed by atoms with E-state index in [0.29, 0.717) is 17.0 Å². The van der Waals surface area contributed by atoms with Crippen LogP contribution < -0.4 is 14.4 Å². The highest BCUT2D eigenvalue weighted by Crippen LogP contribution is 2.17. The Balaban J connectivity index is 2.01. The van der Waals surface area contributed by atoms with Crippen molar-refractivity contribution in [3.8, 4) is 5.75 Å². The summed E-state index contributed by atoms with van der Waals surface area (Å²) in [6.07, 6.45) is 1.15. The van der Waals surface area contributed by atoms with Crippen LogP contribution >= 0.6 is 0 Å². The quantitative estimate of drug-likeness (QED) is 0.819. The van der Waals surface area contributed by atoms with E-state index in [1.807, 2.05) is 19.1 Å². The number of rotatable bonds is 7. The smallest absolute Gasteiger partial charge is 0.251 e. The van der Waals surface area contributed by atoms with Crippen molar-refractivity contribution in [2.45, 2.75) is 6.92 Å². The Kier molecular flexibility index (Phi) is 6.03. The van der Waals surface area contributed by atoms with Crippen molar-refractivity contribution in [2.75, 3.05) is 30.8 Å². The molecule has 0 atom stereocenters. The molecule has 2 aromatic rings. The third-order valence-corrected chi connectivity index (χ3v) is 4.87. The van der Waals surface area contributed by atoms with Gasteiger partial charge in [-0.1, -0.05) is 17.7 Å². The largest absolute Gasteiger partial charge is 0.497 e. The minimum atomic E-state index is -3.44. The number of ether oxygens (including phenoxy) is 1. The van der Waals surface area contributed by atoms with Gasteiger partial charge >= 0.3 is 0 Å². The summed E-state index contributed by atoms with van der Waals surface area (Å²) in [5, 5.41) is 2.73. The van der Waals surface area contributed by atoms with E-state index in [-0.39, 0.29) is 19.0 Å². The molecule has 0 radical (unpaired) electrons. The summed E-state index contributed by atoms with van der Waals surface area (Å²) in [5.74, 6) is 0.402. The van der Waals surface area contributed by atoms with Crippen molar-refractivity contribution in [1.82, 2.24) is 5.32 Å². The summed E-state index contributed by atoms with van der Waals surface area (Å²) >= 11 is 0. The van der Waals surface area contributed by atoms with Crippen molar-refractivity contribution in [2.24, 2.45) is 0 Å². The lowest BCUT2D eigenvalue weighted by molar-refractivity contribution is 0.0955. The summed E-state index contributed by atoms with van der Waals surface area (Å²) in [6, 6.07) is 13.9. The molecule has 134 valence electrons. The normalized spacial score (nSPS) is 11.0. The Hall–Kier alpha value is -2.54. The van der Waals surface area contributed by atoms with Crippen molar-refractivity contribution in [1.29, 1.82) is 0 Å². The fourth-order valence-electron chi connectivity index (χ4n) is 2.31. The van der Waals surface area contributed by atoms with Crippen LogP contribution in [0, 0.1) is 6.92 Å². The van der Waals surface area contributed by atoms with Gasteiger partial charge in [-0.25, -0.2) is 8.42 Å². The standard InChI is InChI=1S/C18H22N2O4S/c1-14-4-8-16(9-5-14)20(25(3,22)23)13-12-19-18(21)15-6-10-17(24-2)11-7-15/h4-11H,12-13H2,1-3H3,(H,19,21). The number of carbonyl (C=O) groups is 1. The van der Waals surface area contributed by atoms with Gasteiger partial charge in [0.1, 0.15) is 5.75 Å². The first-order valence-corrected chi connectivity index (χ1v) is 9.63. The molecule has 7 heteroatoms. The molecule has 2 rings (SSSR count). The van der Waals surface area contributed by atoms with Crippen LogP contribution in [0.2, 0.25) is 0 Å². The molecule has 6 nitrogen and oxygen atoms in total. The van der Waals surface area contributed by atoms with Gasteiger partial charge in [-0.15, -0.1) is 0 Å². The molecule has 0 spiro atoms. The molecular weight excluding hydrogens is 340 g/mol. The van der Waals surface area contributed by atoms with Crippen molar-refractivity contribution in [3.05, 3.63) is 59.7 Å². The first kappa shape index (κ1) is 18.8. The lowest BCUT2D eigenvalue weighted by Gasteiger charge is -2.22. The number of nitrogens with one attached hydrogen (secondary N) is 1. The van der Waals surface area contributed by atoms with Crippen LogP contribution in [-0.4, -0.2) is 40.8 Å². The summed E-state index contributed by atoms with van der Waals surface area (Å²) in [7, 11) is -1.88. The number of aryl methyl sites for hydroxylation is 1. The molecule has 2 aromatic carbocycles. The highest BCUT2D eigenvalue weighted by Gasteiger charge is 2.17. The maximum Gasteiger partial charge on any atom is 0.251 e. The molecule has 0 aliphatic heterocycles. The third-order valence-electron chi connectivity index (χ3n) is 3.67. The van der Waals surface area contributed by atoms with E-state index in [1.165, 1.54) is 4.31 Å². The van der Waals surface area contributed by atoms with Crippen LogP contribution in [0.15, 0.2) is 48.5 Å². The first-order valence-electron chi connectivity index (χ1n) is 7.78. The molecule has 0 aromatic heterocycles. The highest BCUT2D eigenvalue weighted by molar-refractivity contribution is 7.92. The molecule has 0 saturated heterocycles. The van der Waals surface area contributed by atoms with E-state index in [0.717, 1.165) is 11.8 Å². The Morgan fingerprint density at radius 2 is 1.68 bits per heavy atom. The van der Waals surface area contributed by atoms with Crippen LogP contribution in [0.4, 0.5) is 5.69 Å². The molecule has 0 aliphatic carbocycles. The maximum absolute atomic E-state index is 12.1. The Bertz CT molecular complexity index is 815. The van der Waals surface area contributed by atoms with Crippen LogP contribution in [-0.2, 0) is 10.0 Å². The molecule has 0 aliphatic rings. The zero-order valence-electron chi connectivity index (χ0n) is 14.5. The number of benzene rings is 2. The summed E-state index contributed by atoms with van der Waals surface area (Å²) in [6.45, 7) is 2.29. The van der Waals surface area contributed by atoms with Crippen LogP contribution in [0.1, 0.15) is 15.9 Å². The van der Waals surface area contributed by atoms with Crippen molar-refractivity contribution < 1.29 is 17.9 Å². The van der Waals surface area contributed by atoms with Gasteiger partial charge in [0.05, 0.1) is 25.6 Å². The molecule has 0 heterocycles. The Labute approximate surface area is 148 Å². The monoisotopic (exact) mass is 362 g/mol. The van der Waals surface area contributed by atoms with Gasteiger partial charge in [0.15, 0.2) is 0 Å². The molecule has 0 bridgehead atoms. The SMILES string of the molecule is COc1ccc(C(=O)NCCN(c2ccc(C)cc2)S(C)(=O)=O)cc1. The van der Waals surface area contributed by atoms with Gasteiger partial charge in [0, 0.05) is 12.1 Å². The van der Waals surface area contributed by atoms with E-state index in [9.17, 15) is 13.2 Å². The average molecular weight is 362 g/mol. The number of sulfonamides is 1. The Morgan fingerprint density at radius 1 is 1.08 bits per heavy atom. The van der Waals surface area contributed by atoms with Gasteiger partial charge < -0.3 is 10.1 Å². The van der Waals surface area contributed by atoms with Gasteiger partial charge in [-0.05, 0) is 43.3 Å². The molecule has 0 saturated carbocycles. The molecule has 1 N–H and O–H groups in total. The van der Waals surface area contributed by atoms with E-state index < -0.39 is 10.0 Å². The molecule has 0 unspecified atom stereocenters.